The Labute approximate surface area is 121 Å². The highest BCUT2D eigenvalue weighted by Crippen LogP contribution is 2.17. The third-order valence-electron chi connectivity index (χ3n) is 2.80. The fraction of sp³-hybridized carbons (Fsp3) is 0.308. The van der Waals surface area contributed by atoms with Gasteiger partial charge in [-0.25, -0.2) is 9.97 Å². The van der Waals surface area contributed by atoms with Crippen molar-refractivity contribution in [2.75, 3.05) is 11.4 Å². The van der Waals surface area contributed by atoms with Crippen molar-refractivity contribution < 1.29 is 5.21 Å². The molecule has 0 aromatic carbocycles. The fourth-order valence-electron chi connectivity index (χ4n) is 1.79. The molecular weight excluding hydrogens is 274 g/mol. The molecule has 0 radical (unpaired) electrons. The van der Waals surface area contributed by atoms with Crippen LogP contribution in [0.1, 0.15) is 23.2 Å². The van der Waals surface area contributed by atoms with Crippen LogP contribution in [-0.4, -0.2) is 27.6 Å². The standard InChI is InChI=1S/C13H17N5OS/c1-3-18(8-10-5-4-6-20-10)13-15-9(2)7-11(16-13)12(14)17-19/h4-7,19H,3,8H2,1-2H3,(H2,14,17). The normalized spacial score (nSPS) is 11.6. The Morgan fingerprint density at radius 1 is 1.50 bits per heavy atom. The lowest BCUT2D eigenvalue weighted by atomic mass is 10.3. The molecule has 20 heavy (non-hydrogen) atoms. The van der Waals surface area contributed by atoms with Crippen molar-refractivity contribution >= 4 is 23.1 Å². The van der Waals surface area contributed by atoms with E-state index in [1.165, 1.54) is 4.88 Å². The molecule has 2 aromatic rings. The van der Waals surface area contributed by atoms with Gasteiger partial charge in [0, 0.05) is 17.1 Å². The van der Waals surface area contributed by atoms with Crippen molar-refractivity contribution in [1.29, 1.82) is 0 Å². The summed E-state index contributed by atoms with van der Waals surface area (Å²) >= 11 is 1.69. The molecule has 7 heteroatoms. The van der Waals surface area contributed by atoms with Crippen molar-refractivity contribution in [3.8, 4) is 0 Å². The van der Waals surface area contributed by atoms with Crippen LogP contribution in [0.3, 0.4) is 0 Å². The van der Waals surface area contributed by atoms with Gasteiger partial charge in [0.15, 0.2) is 5.84 Å². The van der Waals surface area contributed by atoms with Crippen LogP contribution in [0.25, 0.3) is 0 Å². The van der Waals surface area contributed by atoms with E-state index in [0.717, 1.165) is 18.8 Å². The monoisotopic (exact) mass is 291 g/mol. The summed E-state index contributed by atoms with van der Waals surface area (Å²) in [6.45, 7) is 5.42. The second-order valence-corrected chi connectivity index (χ2v) is 5.31. The highest BCUT2D eigenvalue weighted by Gasteiger charge is 2.12. The minimum atomic E-state index is -0.0103. The van der Waals surface area contributed by atoms with Crippen molar-refractivity contribution in [1.82, 2.24) is 9.97 Å². The highest BCUT2D eigenvalue weighted by molar-refractivity contribution is 7.09. The van der Waals surface area contributed by atoms with E-state index < -0.39 is 0 Å². The number of amidine groups is 1. The molecule has 0 saturated heterocycles. The quantitative estimate of drug-likeness (QED) is 0.380. The number of nitrogens with two attached hydrogens (primary N) is 1. The number of rotatable bonds is 5. The zero-order chi connectivity index (χ0) is 14.5. The maximum absolute atomic E-state index is 8.76. The summed E-state index contributed by atoms with van der Waals surface area (Å²) in [5.74, 6) is 0.575. The summed E-state index contributed by atoms with van der Waals surface area (Å²) < 4.78 is 0. The first-order valence-corrected chi connectivity index (χ1v) is 7.13. The van der Waals surface area contributed by atoms with Gasteiger partial charge in [-0.2, -0.15) is 0 Å². The number of thiophene rings is 1. The largest absolute Gasteiger partial charge is 0.409 e. The van der Waals surface area contributed by atoms with Crippen molar-refractivity contribution in [2.24, 2.45) is 10.9 Å². The average molecular weight is 291 g/mol. The summed E-state index contributed by atoms with van der Waals surface area (Å²) in [6, 6.07) is 5.79. The smallest absolute Gasteiger partial charge is 0.226 e. The molecule has 0 amide bonds. The van der Waals surface area contributed by atoms with Crippen molar-refractivity contribution in [3.63, 3.8) is 0 Å². The van der Waals surface area contributed by atoms with Crippen LogP contribution in [0.4, 0.5) is 5.95 Å². The van der Waals surface area contributed by atoms with Crippen LogP contribution in [0, 0.1) is 6.92 Å². The third-order valence-corrected chi connectivity index (χ3v) is 3.67. The lowest BCUT2D eigenvalue weighted by Crippen LogP contribution is -2.26. The molecule has 0 aliphatic heterocycles. The Hall–Kier alpha value is -2.15. The predicted octanol–water partition coefficient (Wildman–Crippen LogP) is 1.97. The Morgan fingerprint density at radius 2 is 2.30 bits per heavy atom. The Bertz CT molecular complexity index is 597. The summed E-state index contributed by atoms with van der Waals surface area (Å²) in [7, 11) is 0. The fourth-order valence-corrected chi connectivity index (χ4v) is 2.51. The second-order valence-electron chi connectivity index (χ2n) is 4.27. The van der Waals surface area contributed by atoms with E-state index in [-0.39, 0.29) is 5.84 Å². The SMILES string of the molecule is CCN(Cc1cccs1)c1nc(C)cc(/C(N)=N/O)n1. The zero-order valence-electron chi connectivity index (χ0n) is 11.4. The first kappa shape index (κ1) is 14.3. The van der Waals surface area contributed by atoms with Crippen LogP contribution < -0.4 is 10.6 Å². The molecule has 6 nitrogen and oxygen atoms in total. The predicted molar refractivity (Wildman–Crippen MR) is 80.3 cm³/mol. The van der Waals surface area contributed by atoms with E-state index in [2.05, 4.69) is 21.2 Å². The number of aryl methyl sites for hydroxylation is 1. The Kier molecular flexibility index (Phi) is 4.52. The van der Waals surface area contributed by atoms with Crippen molar-refractivity contribution in [3.05, 3.63) is 39.8 Å². The van der Waals surface area contributed by atoms with Crippen LogP contribution in [0.5, 0.6) is 0 Å². The van der Waals surface area contributed by atoms with Gasteiger partial charge in [-0.15, -0.1) is 11.3 Å². The molecule has 0 saturated carbocycles. The molecule has 2 aromatic heterocycles. The lowest BCUT2D eigenvalue weighted by Gasteiger charge is -2.20. The summed E-state index contributed by atoms with van der Waals surface area (Å²) in [5.41, 5.74) is 6.81. The molecule has 106 valence electrons. The lowest BCUT2D eigenvalue weighted by molar-refractivity contribution is 0.318. The number of hydrogen-bond donors (Lipinski definition) is 2. The highest BCUT2D eigenvalue weighted by atomic mass is 32.1. The number of nitrogens with zero attached hydrogens (tertiary/aromatic N) is 4. The number of oxime groups is 1. The minimum absolute atomic E-state index is 0.0103. The van der Waals surface area contributed by atoms with Gasteiger partial charge in [0.2, 0.25) is 5.95 Å². The van der Waals surface area contributed by atoms with Gasteiger partial charge in [-0.05, 0) is 31.4 Å². The van der Waals surface area contributed by atoms with Gasteiger partial charge >= 0.3 is 0 Å². The van der Waals surface area contributed by atoms with E-state index in [4.69, 9.17) is 10.9 Å². The first-order chi connectivity index (χ1) is 9.63. The van der Waals surface area contributed by atoms with Gasteiger partial charge in [-0.1, -0.05) is 11.2 Å². The Balaban J connectivity index is 2.31. The molecule has 0 aliphatic rings. The molecule has 0 bridgehead atoms. The second kappa shape index (κ2) is 6.33. The Morgan fingerprint density at radius 3 is 2.90 bits per heavy atom. The molecule has 0 unspecified atom stereocenters. The van der Waals surface area contributed by atoms with Crippen LogP contribution >= 0.6 is 11.3 Å². The number of hydrogen-bond acceptors (Lipinski definition) is 6. The van der Waals surface area contributed by atoms with E-state index in [0.29, 0.717) is 11.6 Å². The molecule has 0 atom stereocenters. The molecule has 3 N–H and O–H groups in total. The minimum Gasteiger partial charge on any atom is -0.409 e. The molecule has 0 spiro atoms. The summed E-state index contributed by atoms with van der Waals surface area (Å²) in [4.78, 5) is 12.1. The zero-order valence-corrected chi connectivity index (χ0v) is 12.3. The maximum atomic E-state index is 8.76. The third kappa shape index (κ3) is 3.24. The van der Waals surface area contributed by atoms with Crippen molar-refractivity contribution in [2.45, 2.75) is 20.4 Å². The topological polar surface area (TPSA) is 87.6 Å². The molecule has 2 heterocycles. The van der Waals surface area contributed by atoms with E-state index in [1.807, 2.05) is 30.2 Å². The number of anilines is 1. The van der Waals surface area contributed by atoms with Gasteiger partial charge in [0.25, 0.3) is 0 Å². The van der Waals surface area contributed by atoms with E-state index >= 15 is 0 Å². The van der Waals surface area contributed by atoms with Gasteiger partial charge in [0.1, 0.15) is 5.69 Å². The van der Waals surface area contributed by atoms with Gasteiger partial charge in [0.05, 0.1) is 6.54 Å². The van der Waals surface area contributed by atoms with E-state index in [1.54, 1.807) is 17.4 Å². The molecule has 0 aliphatic carbocycles. The number of aromatic nitrogens is 2. The first-order valence-electron chi connectivity index (χ1n) is 6.25. The molecular formula is C13H17N5OS. The van der Waals surface area contributed by atoms with Crippen LogP contribution in [-0.2, 0) is 6.54 Å². The van der Waals surface area contributed by atoms with E-state index in [9.17, 15) is 0 Å². The average Bonchev–Trinajstić information content (AvgIpc) is 2.96. The summed E-state index contributed by atoms with van der Waals surface area (Å²) in [5, 5.41) is 13.8. The summed E-state index contributed by atoms with van der Waals surface area (Å²) in [6.07, 6.45) is 0. The van der Waals surface area contributed by atoms with Gasteiger partial charge in [-0.3, -0.25) is 0 Å². The van der Waals surface area contributed by atoms with Crippen LogP contribution in [0.15, 0.2) is 28.7 Å². The molecule has 2 rings (SSSR count). The van der Waals surface area contributed by atoms with Gasteiger partial charge < -0.3 is 15.8 Å². The maximum Gasteiger partial charge on any atom is 0.226 e. The molecule has 0 fully saturated rings. The van der Waals surface area contributed by atoms with Crippen LogP contribution in [0.2, 0.25) is 0 Å².